The SMILES string of the molecule is CC(C)(CO)c1cc(F)c(F)c(F)c1. The molecule has 0 aliphatic rings. The molecule has 78 valence electrons. The highest BCUT2D eigenvalue weighted by molar-refractivity contribution is 5.26. The van der Waals surface area contributed by atoms with Gasteiger partial charge in [0.1, 0.15) is 0 Å². The lowest BCUT2D eigenvalue weighted by atomic mass is 9.85. The van der Waals surface area contributed by atoms with Crippen LogP contribution in [0.4, 0.5) is 13.2 Å². The summed E-state index contributed by atoms with van der Waals surface area (Å²) in [5.41, 5.74) is -0.550. The van der Waals surface area contributed by atoms with Gasteiger partial charge in [0.15, 0.2) is 17.5 Å². The van der Waals surface area contributed by atoms with Crippen molar-refractivity contribution in [3.63, 3.8) is 0 Å². The molecule has 0 aliphatic heterocycles. The maximum Gasteiger partial charge on any atom is 0.194 e. The fourth-order valence-electron chi connectivity index (χ4n) is 1.04. The van der Waals surface area contributed by atoms with Crippen molar-refractivity contribution >= 4 is 0 Å². The Kier molecular flexibility index (Phi) is 2.85. The Morgan fingerprint density at radius 3 is 1.93 bits per heavy atom. The molecule has 0 spiro atoms. The topological polar surface area (TPSA) is 20.2 Å². The van der Waals surface area contributed by atoms with Crippen molar-refractivity contribution in [3.8, 4) is 0 Å². The number of halogens is 3. The maximum atomic E-state index is 12.8. The van der Waals surface area contributed by atoms with E-state index in [2.05, 4.69) is 0 Å². The molecule has 0 aliphatic carbocycles. The van der Waals surface area contributed by atoms with Gasteiger partial charge in [-0.25, -0.2) is 13.2 Å². The minimum atomic E-state index is -1.48. The summed E-state index contributed by atoms with van der Waals surface area (Å²) in [6.45, 7) is 2.95. The second-order valence-electron chi connectivity index (χ2n) is 3.80. The van der Waals surface area contributed by atoms with E-state index in [0.717, 1.165) is 12.1 Å². The summed E-state index contributed by atoms with van der Waals surface area (Å²) in [6, 6.07) is 1.79. The van der Waals surface area contributed by atoms with E-state index in [9.17, 15) is 13.2 Å². The molecule has 4 heteroatoms. The minimum Gasteiger partial charge on any atom is -0.395 e. The second-order valence-corrected chi connectivity index (χ2v) is 3.80. The van der Waals surface area contributed by atoms with Gasteiger partial charge in [-0.05, 0) is 17.7 Å². The van der Waals surface area contributed by atoms with Crippen molar-refractivity contribution in [3.05, 3.63) is 35.1 Å². The van der Waals surface area contributed by atoms with Crippen molar-refractivity contribution in [2.45, 2.75) is 19.3 Å². The van der Waals surface area contributed by atoms with E-state index < -0.39 is 22.9 Å². The fourth-order valence-corrected chi connectivity index (χ4v) is 1.04. The molecule has 0 heterocycles. The molecular formula is C10H11F3O. The summed E-state index contributed by atoms with van der Waals surface area (Å²) in [5.74, 6) is -3.95. The summed E-state index contributed by atoms with van der Waals surface area (Å²) in [5, 5.41) is 8.96. The molecule has 0 saturated heterocycles. The number of hydrogen-bond acceptors (Lipinski definition) is 1. The third-order valence-electron chi connectivity index (χ3n) is 2.16. The van der Waals surface area contributed by atoms with Gasteiger partial charge in [0.05, 0.1) is 6.61 Å². The molecule has 1 rings (SSSR count). The zero-order valence-corrected chi connectivity index (χ0v) is 7.94. The number of hydrogen-bond donors (Lipinski definition) is 1. The van der Waals surface area contributed by atoms with E-state index >= 15 is 0 Å². The monoisotopic (exact) mass is 204 g/mol. The predicted octanol–water partition coefficient (Wildman–Crippen LogP) is 2.37. The van der Waals surface area contributed by atoms with Crippen LogP contribution in [0.3, 0.4) is 0 Å². The Bertz CT molecular complexity index is 324. The molecule has 0 amide bonds. The van der Waals surface area contributed by atoms with Crippen LogP contribution >= 0.6 is 0 Å². The number of aliphatic hydroxyl groups excluding tert-OH is 1. The Morgan fingerprint density at radius 2 is 1.57 bits per heavy atom. The summed E-state index contributed by atoms with van der Waals surface area (Å²) in [6.07, 6.45) is 0. The second kappa shape index (κ2) is 3.61. The van der Waals surface area contributed by atoms with Crippen LogP contribution in [0.5, 0.6) is 0 Å². The van der Waals surface area contributed by atoms with E-state index in [4.69, 9.17) is 5.11 Å². The molecule has 0 unspecified atom stereocenters. The fraction of sp³-hybridized carbons (Fsp3) is 0.400. The van der Waals surface area contributed by atoms with Crippen LogP contribution in [0.1, 0.15) is 19.4 Å². The molecule has 0 fully saturated rings. The van der Waals surface area contributed by atoms with E-state index in [1.165, 1.54) is 0 Å². The third kappa shape index (κ3) is 1.90. The van der Waals surface area contributed by atoms with Crippen molar-refractivity contribution in [1.29, 1.82) is 0 Å². The highest BCUT2D eigenvalue weighted by atomic mass is 19.2. The van der Waals surface area contributed by atoms with Gasteiger partial charge >= 0.3 is 0 Å². The zero-order valence-electron chi connectivity index (χ0n) is 7.94. The van der Waals surface area contributed by atoms with Gasteiger partial charge in [0.25, 0.3) is 0 Å². The van der Waals surface area contributed by atoms with E-state index in [0.29, 0.717) is 0 Å². The Morgan fingerprint density at radius 1 is 1.14 bits per heavy atom. The van der Waals surface area contributed by atoms with Crippen molar-refractivity contribution in [1.82, 2.24) is 0 Å². The van der Waals surface area contributed by atoms with Crippen LogP contribution in [0.2, 0.25) is 0 Å². The third-order valence-corrected chi connectivity index (χ3v) is 2.16. The first-order chi connectivity index (χ1) is 6.38. The van der Waals surface area contributed by atoms with Gasteiger partial charge in [0.2, 0.25) is 0 Å². The predicted molar refractivity (Wildman–Crippen MR) is 46.4 cm³/mol. The lowest BCUT2D eigenvalue weighted by molar-refractivity contribution is 0.217. The van der Waals surface area contributed by atoms with E-state index in [-0.39, 0.29) is 12.2 Å². The summed E-state index contributed by atoms with van der Waals surface area (Å²) in [7, 11) is 0. The molecule has 1 aromatic carbocycles. The normalized spacial score (nSPS) is 11.9. The van der Waals surface area contributed by atoms with Gasteiger partial charge in [0, 0.05) is 5.41 Å². The average molecular weight is 204 g/mol. The quantitative estimate of drug-likeness (QED) is 0.733. The van der Waals surface area contributed by atoms with Crippen molar-refractivity contribution in [2.75, 3.05) is 6.61 Å². The summed E-state index contributed by atoms with van der Waals surface area (Å²) in [4.78, 5) is 0. The number of benzene rings is 1. The van der Waals surface area contributed by atoms with Crippen LogP contribution in [-0.4, -0.2) is 11.7 Å². The van der Waals surface area contributed by atoms with Crippen LogP contribution in [-0.2, 0) is 5.41 Å². The lowest BCUT2D eigenvalue weighted by Gasteiger charge is -2.22. The smallest absolute Gasteiger partial charge is 0.194 e. The van der Waals surface area contributed by atoms with Crippen LogP contribution in [0.15, 0.2) is 12.1 Å². The molecule has 1 N–H and O–H groups in total. The standard InChI is InChI=1S/C10H11F3O/c1-10(2,5-14)6-3-7(11)9(13)8(12)4-6/h3-4,14H,5H2,1-2H3. The van der Waals surface area contributed by atoms with Crippen LogP contribution < -0.4 is 0 Å². The molecule has 0 radical (unpaired) electrons. The molecule has 0 saturated carbocycles. The minimum absolute atomic E-state index is 0.233. The molecule has 1 aromatic rings. The first-order valence-electron chi connectivity index (χ1n) is 4.14. The molecule has 1 nitrogen and oxygen atoms in total. The van der Waals surface area contributed by atoms with Crippen LogP contribution in [0, 0.1) is 17.5 Å². The maximum absolute atomic E-state index is 12.8. The number of aliphatic hydroxyl groups is 1. The average Bonchev–Trinajstić information content (AvgIpc) is 2.13. The summed E-state index contributed by atoms with van der Waals surface area (Å²) >= 11 is 0. The van der Waals surface area contributed by atoms with E-state index in [1.807, 2.05) is 0 Å². The van der Waals surface area contributed by atoms with Gasteiger partial charge in [-0.1, -0.05) is 13.8 Å². The highest BCUT2D eigenvalue weighted by Crippen LogP contribution is 2.25. The van der Waals surface area contributed by atoms with E-state index in [1.54, 1.807) is 13.8 Å². The summed E-state index contributed by atoms with van der Waals surface area (Å²) < 4.78 is 38.2. The first kappa shape index (κ1) is 11.0. The van der Waals surface area contributed by atoms with Crippen molar-refractivity contribution < 1.29 is 18.3 Å². The highest BCUT2D eigenvalue weighted by Gasteiger charge is 2.23. The molecule has 0 aromatic heterocycles. The van der Waals surface area contributed by atoms with Crippen LogP contribution in [0.25, 0.3) is 0 Å². The zero-order chi connectivity index (χ0) is 10.9. The molecule has 0 bridgehead atoms. The molecular weight excluding hydrogens is 193 g/mol. The first-order valence-corrected chi connectivity index (χ1v) is 4.14. The Hall–Kier alpha value is -1.03. The van der Waals surface area contributed by atoms with Gasteiger partial charge in [-0.3, -0.25) is 0 Å². The van der Waals surface area contributed by atoms with Gasteiger partial charge in [-0.15, -0.1) is 0 Å². The van der Waals surface area contributed by atoms with Gasteiger partial charge < -0.3 is 5.11 Å². The molecule has 14 heavy (non-hydrogen) atoms. The van der Waals surface area contributed by atoms with Crippen molar-refractivity contribution in [2.24, 2.45) is 0 Å². The Balaban J connectivity index is 3.26. The lowest BCUT2D eigenvalue weighted by Crippen LogP contribution is -2.22. The molecule has 0 atom stereocenters. The van der Waals surface area contributed by atoms with Gasteiger partial charge in [-0.2, -0.15) is 0 Å². The number of rotatable bonds is 2. The largest absolute Gasteiger partial charge is 0.395 e. The Labute approximate surface area is 80.2 Å².